The largest absolute Gasteiger partial charge is 0.376 e. The minimum atomic E-state index is -1.08. The van der Waals surface area contributed by atoms with Crippen LogP contribution in [0.1, 0.15) is 27.7 Å². The van der Waals surface area contributed by atoms with Gasteiger partial charge < -0.3 is 20.4 Å². The second-order valence-electron chi connectivity index (χ2n) is 3.33. The summed E-state index contributed by atoms with van der Waals surface area (Å²) >= 11 is 0. The predicted molar refractivity (Wildman–Crippen MR) is 51.5 cm³/mol. The van der Waals surface area contributed by atoms with Crippen molar-refractivity contribution >= 4 is 0 Å². The van der Waals surface area contributed by atoms with Crippen LogP contribution in [0.3, 0.4) is 0 Å². The SMILES string of the molecule is CC(O)N(ON(C(C)O)C(C)O)C(C)O. The maximum atomic E-state index is 9.25. The minimum absolute atomic E-state index is 0.833. The lowest BCUT2D eigenvalue weighted by Crippen LogP contribution is -2.50. The Morgan fingerprint density at radius 2 is 0.867 bits per heavy atom. The molecule has 0 aromatic rings. The Labute approximate surface area is 89.0 Å². The van der Waals surface area contributed by atoms with Crippen LogP contribution in [-0.2, 0) is 4.94 Å². The molecule has 0 aromatic carbocycles. The van der Waals surface area contributed by atoms with E-state index in [-0.39, 0.29) is 0 Å². The Bertz CT molecular complexity index is 140. The van der Waals surface area contributed by atoms with Gasteiger partial charge in [-0.05, 0) is 27.7 Å². The van der Waals surface area contributed by atoms with Crippen LogP contribution in [0.15, 0.2) is 0 Å². The first-order chi connectivity index (χ1) is 6.77. The van der Waals surface area contributed by atoms with Crippen molar-refractivity contribution in [2.75, 3.05) is 0 Å². The second kappa shape index (κ2) is 6.33. The van der Waals surface area contributed by atoms with Gasteiger partial charge in [0.05, 0.1) is 0 Å². The number of aliphatic hydroxyl groups is 4. The van der Waals surface area contributed by atoms with E-state index in [1.807, 2.05) is 0 Å². The summed E-state index contributed by atoms with van der Waals surface area (Å²) < 4.78 is 0. The fraction of sp³-hybridized carbons (Fsp3) is 1.00. The van der Waals surface area contributed by atoms with Crippen LogP contribution in [0, 0.1) is 0 Å². The minimum Gasteiger partial charge on any atom is -0.376 e. The van der Waals surface area contributed by atoms with E-state index in [1.165, 1.54) is 27.7 Å². The van der Waals surface area contributed by atoms with Gasteiger partial charge in [-0.3, -0.25) is 0 Å². The van der Waals surface area contributed by atoms with E-state index < -0.39 is 24.9 Å². The highest BCUT2D eigenvalue weighted by Crippen LogP contribution is 2.10. The predicted octanol–water partition coefficient (Wildman–Crippen LogP) is -1.21. The molecule has 4 unspecified atom stereocenters. The Hall–Kier alpha value is -0.280. The number of hydroxylamine groups is 4. The zero-order valence-electron chi connectivity index (χ0n) is 9.40. The van der Waals surface area contributed by atoms with Crippen molar-refractivity contribution in [2.24, 2.45) is 0 Å². The van der Waals surface area contributed by atoms with Crippen molar-refractivity contribution in [2.45, 2.75) is 52.6 Å². The molecule has 4 atom stereocenters. The van der Waals surface area contributed by atoms with Gasteiger partial charge in [0, 0.05) is 0 Å². The van der Waals surface area contributed by atoms with Gasteiger partial charge in [0.15, 0.2) is 0 Å². The second-order valence-corrected chi connectivity index (χ2v) is 3.33. The van der Waals surface area contributed by atoms with Crippen LogP contribution in [0.5, 0.6) is 0 Å². The summed E-state index contributed by atoms with van der Waals surface area (Å²) in [6.45, 7) is 5.54. The molecule has 0 saturated carbocycles. The van der Waals surface area contributed by atoms with Gasteiger partial charge in [-0.15, -0.1) is 10.1 Å². The summed E-state index contributed by atoms with van der Waals surface area (Å²) in [5.41, 5.74) is 0. The van der Waals surface area contributed by atoms with Crippen molar-refractivity contribution in [1.82, 2.24) is 10.1 Å². The topological polar surface area (TPSA) is 96.6 Å². The molecule has 0 heterocycles. The highest BCUT2D eigenvalue weighted by atomic mass is 16.9. The number of hydrogen-bond donors (Lipinski definition) is 4. The monoisotopic (exact) mass is 224 g/mol. The van der Waals surface area contributed by atoms with Crippen LogP contribution in [0.2, 0.25) is 0 Å². The molecule has 0 amide bonds. The van der Waals surface area contributed by atoms with Crippen molar-refractivity contribution in [3.05, 3.63) is 0 Å². The van der Waals surface area contributed by atoms with Gasteiger partial charge in [-0.25, -0.2) is 0 Å². The molecule has 7 nitrogen and oxygen atoms in total. The van der Waals surface area contributed by atoms with E-state index in [2.05, 4.69) is 0 Å². The summed E-state index contributed by atoms with van der Waals surface area (Å²) in [5, 5.41) is 38.6. The van der Waals surface area contributed by atoms with Crippen molar-refractivity contribution < 1.29 is 25.4 Å². The third kappa shape index (κ3) is 4.85. The highest BCUT2D eigenvalue weighted by Gasteiger charge is 2.26. The fourth-order valence-electron chi connectivity index (χ4n) is 1.01. The maximum absolute atomic E-state index is 9.25. The van der Waals surface area contributed by atoms with E-state index >= 15 is 0 Å². The summed E-state index contributed by atoms with van der Waals surface area (Å²) in [7, 11) is 0. The Morgan fingerprint density at radius 1 is 0.667 bits per heavy atom. The molecular weight excluding hydrogens is 204 g/mol. The average Bonchev–Trinajstić information content (AvgIpc) is 2.01. The van der Waals surface area contributed by atoms with Crippen molar-refractivity contribution in [3.63, 3.8) is 0 Å². The van der Waals surface area contributed by atoms with Crippen LogP contribution in [0.4, 0.5) is 0 Å². The van der Waals surface area contributed by atoms with Gasteiger partial charge >= 0.3 is 0 Å². The van der Waals surface area contributed by atoms with E-state index in [1.54, 1.807) is 0 Å². The molecular formula is C8H20N2O5. The molecule has 92 valence electrons. The van der Waals surface area contributed by atoms with Gasteiger partial charge in [-0.2, -0.15) is 4.94 Å². The number of aliphatic hydroxyl groups excluding tert-OH is 4. The Balaban J connectivity index is 4.48. The van der Waals surface area contributed by atoms with Gasteiger partial charge in [0.25, 0.3) is 0 Å². The first-order valence-corrected chi connectivity index (χ1v) is 4.74. The van der Waals surface area contributed by atoms with Crippen LogP contribution in [0.25, 0.3) is 0 Å². The molecule has 0 fully saturated rings. The molecule has 0 bridgehead atoms. The standard InChI is InChI=1S/C8H20N2O5/c1-5(11)9(6(2)12)15-10(7(3)13)8(4)14/h5-8,11-14H,1-4H3. The summed E-state index contributed by atoms with van der Waals surface area (Å²) in [6.07, 6.45) is -4.31. The maximum Gasteiger partial charge on any atom is 0.131 e. The van der Waals surface area contributed by atoms with E-state index in [0.717, 1.165) is 10.1 Å². The summed E-state index contributed by atoms with van der Waals surface area (Å²) in [5.74, 6) is 0. The third-order valence-corrected chi connectivity index (χ3v) is 1.66. The summed E-state index contributed by atoms with van der Waals surface area (Å²) in [6, 6.07) is 0. The van der Waals surface area contributed by atoms with E-state index in [0.29, 0.717) is 0 Å². The van der Waals surface area contributed by atoms with Crippen LogP contribution >= 0.6 is 0 Å². The van der Waals surface area contributed by atoms with E-state index in [9.17, 15) is 20.4 Å². The smallest absolute Gasteiger partial charge is 0.131 e. The molecule has 0 aliphatic heterocycles. The van der Waals surface area contributed by atoms with Crippen molar-refractivity contribution in [1.29, 1.82) is 0 Å². The zero-order chi connectivity index (χ0) is 12.2. The van der Waals surface area contributed by atoms with Gasteiger partial charge in [0.1, 0.15) is 24.9 Å². The highest BCUT2D eigenvalue weighted by molar-refractivity contribution is 4.49. The Morgan fingerprint density at radius 3 is 1.00 bits per heavy atom. The average molecular weight is 224 g/mol. The molecule has 0 aliphatic rings. The van der Waals surface area contributed by atoms with Gasteiger partial charge in [-0.1, -0.05) is 0 Å². The Kier molecular flexibility index (Phi) is 6.22. The molecule has 15 heavy (non-hydrogen) atoms. The normalized spacial score (nSPS) is 20.4. The number of hydrogen-bond acceptors (Lipinski definition) is 7. The lowest BCUT2D eigenvalue weighted by molar-refractivity contribution is -0.444. The van der Waals surface area contributed by atoms with E-state index in [4.69, 9.17) is 4.94 Å². The molecule has 0 rings (SSSR count). The summed E-state index contributed by atoms with van der Waals surface area (Å²) in [4.78, 5) is 4.96. The molecule has 4 N–H and O–H groups in total. The molecule has 0 saturated heterocycles. The lowest BCUT2D eigenvalue weighted by atomic mass is 10.5. The molecule has 0 aromatic heterocycles. The quantitative estimate of drug-likeness (QED) is 0.332. The van der Waals surface area contributed by atoms with Crippen molar-refractivity contribution in [3.8, 4) is 0 Å². The lowest BCUT2D eigenvalue weighted by Gasteiger charge is -2.34. The number of nitrogens with zero attached hydrogens (tertiary/aromatic N) is 2. The van der Waals surface area contributed by atoms with Crippen LogP contribution < -0.4 is 0 Å². The van der Waals surface area contributed by atoms with Gasteiger partial charge in [0.2, 0.25) is 0 Å². The molecule has 0 radical (unpaired) electrons. The zero-order valence-corrected chi connectivity index (χ0v) is 9.40. The third-order valence-electron chi connectivity index (χ3n) is 1.66. The molecule has 7 heteroatoms. The molecule has 0 aliphatic carbocycles. The first-order valence-electron chi connectivity index (χ1n) is 4.74. The molecule has 0 spiro atoms. The fourth-order valence-corrected chi connectivity index (χ4v) is 1.01. The van der Waals surface area contributed by atoms with Crippen LogP contribution in [-0.4, -0.2) is 55.5 Å². The first kappa shape index (κ1) is 14.7. The number of rotatable bonds is 6.